The molecule has 1 fully saturated rings. The van der Waals surface area contributed by atoms with Crippen molar-refractivity contribution in [3.63, 3.8) is 0 Å². The third kappa shape index (κ3) is 2.08. The first-order valence-corrected chi connectivity index (χ1v) is 5.40. The third-order valence-corrected chi connectivity index (χ3v) is 3.77. The maximum Gasteiger partial charge on any atom is 0.219 e. The van der Waals surface area contributed by atoms with Crippen LogP contribution in [0.1, 0.15) is 33.6 Å². The Balaban J connectivity index is 2.67. The number of rotatable bonds is 1. The predicted molar refractivity (Wildman–Crippen MR) is 58.2 cm³/mol. The minimum atomic E-state index is 0.171. The van der Waals surface area contributed by atoms with E-state index in [0.717, 1.165) is 6.42 Å². The summed E-state index contributed by atoms with van der Waals surface area (Å²) in [6, 6.07) is 1.49. The first-order valence-electron chi connectivity index (χ1n) is 5.40. The molecule has 0 aromatic carbocycles. The van der Waals surface area contributed by atoms with Gasteiger partial charge in [0, 0.05) is 32.1 Å². The molecule has 0 spiro atoms. The second-order valence-corrected chi connectivity index (χ2v) is 4.53. The van der Waals surface area contributed by atoms with Crippen molar-refractivity contribution in [3.05, 3.63) is 0 Å². The Morgan fingerprint density at radius 2 is 1.93 bits per heavy atom. The van der Waals surface area contributed by atoms with Gasteiger partial charge in [0.2, 0.25) is 5.91 Å². The van der Waals surface area contributed by atoms with Crippen LogP contribution in [0.4, 0.5) is 0 Å². The zero-order valence-corrected chi connectivity index (χ0v) is 9.95. The zero-order valence-electron chi connectivity index (χ0n) is 9.95. The number of hydrogen-bond acceptors (Lipinski definition) is 2. The molecule has 0 radical (unpaired) electrons. The van der Waals surface area contributed by atoms with Crippen LogP contribution in [0.15, 0.2) is 0 Å². The molecule has 1 aliphatic heterocycles. The van der Waals surface area contributed by atoms with E-state index in [0.29, 0.717) is 18.1 Å². The minimum absolute atomic E-state index is 0.171. The van der Waals surface area contributed by atoms with Crippen LogP contribution in [-0.4, -0.2) is 47.9 Å². The lowest BCUT2D eigenvalue weighted by Gasteiger charge is -2.44. The highest BCUT2D eigenvalue weighted by molar-refractivity contribution is 5.73. The van der Waals surface area contributed by atoms with Gasteiger partial charge in [-0.3, -0.25) is 9.69 Å². The molecule has 0 bridgehead atoms. The number of amides is 1. The van der Waals surface area contributed by atoms with Crippen LogP contribution in [-0.2, 0) is 4.79 Å². The van der Waals surface area contributed by atoms with Crippen molar-refractivity contribution in [2.75, 3.05) is 14.1 Å². The topological polar surface area (TPSA) is 23.6 Å². The van der Waals surface area contributed by atoms with Crippen molar-refractivity contribution in [1.82, 2.24) is 9.80 Å². The van der Waals surface area contributed by atoms with Gasteiger partial charge >= 0.3 is 0 Å². The molecular weight excluding hydrogens is 176 g/mol. The molecule has 82 valence electrons. The molecule has 0 N–H and O–H groups in total. The lowest BCUT2D eigenvalue weighted by Crippen LogP contribution is -2.55. The summed E-state index contributed by atoms with van der Waals surface area (Å²) in [5, 5.41) is 0. The summed E-state index contributed by atoms with van der Waals surface area (Å²) in [4.78, 5) is 15.5. The molecule has 0 aromatic heterocycles. The summed E-state index contributed by atoms with van der Waals surface area (Å²) in [6.07, 6.45) is 2.31. The van der Waals surface area contributed by atoms with Gasteiger partial charge in [-0.15, -0.1) is 0 Å². The van der Waals surface area contributed by atoms with E-state index in [4.69, 9.17) is 0 Å². The Bertz CT molecular complexity index is 217. The molecule has 1 saturated heterocycles. The van der Waals surface area contributed by atoms with Gasteiger partial charge in [0.25, 0.3) is 0 Å². The van der Waals surface area contributed by atoms with E-state index in [2.05, 4.69) is 25.8 Å². The standard InChI is InChI=1S/C11H22N2O/c1-8-6-7-11(9(2)12(8)4)13(5)10(3)14/h8-9,11H,6-7H2,1-5H3. The van der Waals surface area contributed by atoms with Crippen LogP contribution in [0, 0.1) is 0 Å². The Morgan fingerprint density at radius 1 is 1.36 bits per heavy atom. The molecule has 1 heterocycles. The number of likely N-dealkylation sites (N-methyl/N-ethyl adjacent to an activating group) is 2. The van der Waals surface area contributed by atoms with Gasteiger partial charge in [0.05, 0.1) is 0 Å². The molecular formula is C11H22N2O. The zero-order chi connectivity index (χ0) is 10.9. The van der Waals surface area contributed by atoms with Gasteiger partial charge in [-0.2, -0.15) is 0 Å². The normalized spacial score (nSPS) is 34.2. The molecule has 0 aromatic rings. The Labute approximate surface area is 87.1 Å². The second-order valence-electron chi connectivity index (χ2n) is 4.53. The summed E-state index contributed by atoms with van der Waals surface area (Å²) in [5.41, 5.74) is 0. The van der Waals surface area contributed by atoms with Crippen molar-refractivity contribution in [2.45, 2.75) is 51.7 Å². The fraction of sp³-hybridized carbons (Fsp3) is 0.909. The molecule has 3 unspecified atom stereocenters. The van der Waals surface area contributed by atoms with Crippen LogP contribution in [0.3, 0.4) is 0 Å². The molecule has 3 heteroatoms. The van der Waals surface area contributed by atoms with Gasteiger partial charge in [-0.1, -0.05) is 0 Å². The quantitative estimate of drug-likeness (QED) is 0.634. The monoisotopic (exact) mass is 198 g/mol. The fourth-order valence-corrected chi connectivity index (χ4v) is 2.28. The molecule has 0 saturated carbocycles. The molecule has 3 nitrogen and oxygen atoms in total. The Morgan fingerprint density at radius 3 is 2.43 bits per heavy atom. The molecule has 14 heavy (non-hydrogen) atoms. The van der Waals surface area contributed by atoms with E-state index < -0.39 is 0 Å². The average molecular weight is 198 g/mol. The number of nitrogens with zero attached hydrogens (tertiary/aromatic N) is 2. The lowest BCUT2D eigenvalue weighted by molar-refractivity contribution is -0.132. The number of hydrogen-bond donors (Lipinski definition) is 0. The number of piperidine rings is 1. The average Bonchev–Trinajstić information content (AvgIpc) is 2.13. The van der Waals surface area contributed by atoms with E-state index in [-0.39, 0.29) is 5.91 Å². The van der Waals surface area contributed by atoms with Crippen LogP contribution in [0.2, 0.25) is 0 Å². The van der Waals surface area contributed by atoms with Gasteiger partial charge < -0.3 is 4.90 Å². The summed E-state index contributed by atoms with van der Waals surface area (Å²) in [7, 11) is 4.06. The van der Waals surface area contributed by atoms with E-state index in [1.165, 1.54) is 6.42 Å². The second kappa shape index (κ2) is 4.30. The first-order chi connectivity index (χ1) is 6.45. The van der Waals surface area contributed by atoms with Crippen LogP contribution >= 0.6 is 0 Å². The van der Waals surface area contributed by atoms with Crippen LogP contribution in [0.5, 0.6) is 0 Å². The third-order valence-electron chi connectivity index (χ3n) is 3.77. The SMILES string of the molecule is CC(=O)N(C)C1CCC(C)N(C)C1C. The first kappa shape index (κ1) is 11.5. The molecule has 1 aliphatic rings. The highest BCUT2D eigenvalue weighted by atomic mass is 16.2. The summed E-state index contributed by atoms with van der Waals surface area (Å²) < 4.78 is 0. The van der Waals surface area contributed by atoms with Gasteiger partial charge in [0.1, 0.15) is 0 Å². The largest absolute Gasteiger partial charge is 0.341 e. The van der Waals surface area contributed by atoms with Gasteiger partial charge in [-0.25, -0.2) is 0 Å². The van der Waals surface area contributed by atoms with E-state index in [9.17, 15) is 4.79 Å². The number of likely N-dealkylation sites (tertiary alicyclic amines) is 1. The van der Waals surface area contributed by atoms with Crippen molar-refractivity contribution in [2.24, 2.45) is 0 Å². The lowest BCUT2D eigenvalue weighted by atomic mass is 9.92. The van der Waals surface area contributed by atoms with Crippen molar-refractivity contribution >= 4 is 5.91 Å². The van der Waals surface area contributed by atoms with Crippen molar-refractivity contribution in [1.29, 1.82) is 0 Å². The molecule has 1 rings (SSSR count). The fourth-order valence-electron chi connectivity index (χ4n) is 2.28. The van der Waals surface area contributed by atoms with Gasteiger partial charge in [-0.05, 0) is 33.7 Å². The van der Waals surface area contributed by atoms with Crippen molar-refractivity contribution in [3.8, 4) is 0 Å². The Hall–Kier alpha value is -0.570. The highest BCUT2D eigenvalue weighted by Crippen LogP contribution is 2.24. The maximum atomic E-state index is 11.3. The summed E-state index contributed by atoms with van der Waals surface area (Å²) in [5.74, 6) is 0.171. The van der Waals surface area contributed by atoms with E-state index in [1.807, 2.05) is 11.9 Å². The van der Waals surface area contributed by atoms with Crippen molar-refractivity contribution < 1.29 is 4.79 Å². The van der Waals surface area contributed by atoms with E-state index in [1.54, 1.807) is 6.92 Å². The highest BCUT2D eigenvalue weighted by Gasteiger charge is 2.32. The van der Waals surface area contributed by atoms with E-state index >= 15 is 0 Å². The molecule has 1 amide bonds. The predicted octanol–water partition coefficient (Wildman–Crippen LogP) is 1.34. The minimum Gasteiger partial charge on any atom is -0.341 e. The number of carbonyl (C=O) groups excluding carboxylic acids is 1. The smallest absolute Gasteiger partial charge is 0.219 e. The molecule has 3 atom stereocenters. The van der Waals surface area contributed by atoms with Crippen LogP contribution < -0.4 is 0 Å². The van der Waals surface area contributed by atoms with Crippen LogP contribution in [0.25, 0.3) is 0 Å². The Kier molecular flexibility index (Phi) is 3.53. The maximum absolute atomic E-state index is 11.3. The summed E-state index contributed by atoms with van der Waals surface area (Å²) >= 11 is 0. The number of carbonyl (C=O) groups is 1. The summed E-state index contributed by atoms with van der Waals surface area (Å²) in [6.45, 7) is 6.10. The van der Waals surface area contributed by atoms with Gasteiger partial charge in [0.15, 0.2) is 0 Å². The molecule has 0 aliphatic carbocycles.